The van der Waals surface area contributed by atoms with Crippen molar-refractivity contribution in [2.45, 2.75) is 6.54 Å². The van der Waals surface area contributed by atoms with Crippen LogP contribution in [0.25, 0.3) is 6.08 Å². The summed E-state index contributed by atoms with van der Waals surface area (Å²) in [6, 6.07) is 17.3. The maximum atomic E-state index is 12.1. The Labute approximate surface area is 150 Å². The van der Waals surface area contributed by atoms with Gasteiger partial charge in [0, 0.05) is 18.3 Å². The van der Waals surface area contributed by atoms with Crippen molar-refractivity contribution < 1.29 is 14.3 Å². The fourth-order valence-electron chi connectivity index (χ4n) is 2.64. The summed E-state index contributed by atoms with van der Waals surface area (Å²) in [4.78, 5) is 12.1. The Balaban J connectivity index is 1.36. The van der Waals surface area contributed by atoms with Crippen LogP contribution in [-0.2, 0) is 11.3 Å². The molecule has 0 saturated heterocycles. The highest BCUT2D eigenvalue weighted by Crippen LogP contribution is 2.32. The van der Waals surface area contributed by atoms with E-state index in [1.165, 1.54) is 6.08 Å². The molecule has 6 heteroatoms. The van der Waals surface area contributed by atoms with Gasteiger partial charge >= 0.3 is 0 Å². The lowest BCUT2D eigenvalue weighted by Crippen LogP contribution is -2.09. The number of carbonyl (C=O) groups is 1. The van der Waals surface area contributed by atoms with Gasteiger partial charge in [0.15, 0.2) is 17.3 Å². The number of hydrogen-bond acceptors (Lipinski definition) is 4. The van der Waals surface area contributed by atoms with Crippen LogP contribution in [0.1, 0.15) is 11.1 Å². The van der Waals surface area contributed by atoms with Gasteiger partial charge in [0.2, 0.25) is 12.7 Å². The number of amides is 1. The highest BCUT2D eigenvalue weighted by Gasteiger charge is 2.12. The van der Waals surface area contributed by atoms with Crippen molar-refractivity contribution in [1.82, 2.24) is 9.78 Å². The molecule has 6 nitrogen and oxygen atoms in total. The van der Waals surface area contributed by atoms with Gasteiger partial charge in [-0.05, 0) is 29.3 Å². The third kappa shape index (κ3) is 3.75. The fraction of sp³-hybridized carbons (Fsp3) is 0.100. The molecule has 0 radical (unpaired) electrons. The highest BCUT2D eigenvalue weighted by atomic mass is 16.7. The summed E-state index contributed by atoms with van der Waals surface area (Å²) >= 11 is 0. The third-order valence-electron chi connectivity index (χ3n) is 3.90. The number of nitrogens with one attached hydrogen (secondary N) is 1. The largest absolute Gasteiger partial charge is 0.454 e. The molecule has 0 aliphatic carbocycles. The average molecular weight is 347 g/mol. The van der Waals surface area contributed by atoms with E-state index in [1.807, 2.05) is 54.7 Å². The number of nitrogens with zero attached hydrogens (tertiary/aromatic N) is 2. The van der Waals surface area contributed by atoms with E-state index in [4.69, 9.17) is 9.47 Å². The minimum atomic E-state index is -0.243. The second-order valence-electron chi connectivity index (χ2n) is 5.82. The lowest BCUT2D eigenvalue weighted by Gasteiger charge is -2.01. The summed E-state index contributed by atoms with van der Waals surface area (Å²) in [6.07, 6.45) is 5.02. The van der Waals surface area contributed by atoms with E-state index in [2.05, 4.69) is 10.4 Å². The molecule has 0 spiro atoms. The number of benzene rings is 2. The molecule has 1 aliphatic rings. The Kier molecular flexibility index (Phi) is 4.38. The number of fused-ring (bicyclic) bond motifs is 1. The van der Waals surface area contributed by atoms with Crippen molar-refractivity contribution in [3.8, 4) is 11.5 Å². The van der Waals surface area contributed by atoms with E-state index >= 15 is 0 Å². The molecule has 1 aliphatic heterocycles. The first-order valence-electron chi connectivity index (χ1n) is 8.22. The fourth-order valence-corrected chi connectivity index (χ4v) is 2.64. The van der Waals surface area contributed by atoms with Crippen LogP contribution >= 0.6 is 0 Å². The van der Waals surface area contributed by atoms with Gasteiger partial charge in [0.25, 0.3) is 0 Å². The minimum absolute atomic E-state index is 0.231. The molecular formula is C20H17N3O3. The predicted molar refractivity (Wildman–Crippen MR) is 98.0 cm³/mol. The number of ether oxygens (including phenoxy) is 2. The third-order valence-corrected chi connectivity index (χ3v) is 3.90. The lowest BCUT2D eigenvalue weighted by atomic mass is 10.2. The van der Waals surface area contributed by atoms with Gasteiger partial charge in [-0.15, -0.1) is 0 Å². The summed E-state index contributed by atoms with van der Waals surface area (Å²) < 4.78 is 12.4. The molecule has 2 aromatic carbocycles. The zero-order valence-corrected chi connectivity index (χ0v) is 14.0. The van der Waals surface area contributed by atoms with Gasteiger partial charge < -0.3 is 14.8 Å². The molecular weight excluding hydrogens is 330 g/mol. The SMILES string of the molecule is O=C(C=Cc1ccc2c(c1)OCO2)Nc1ccn(Cc2ccccc2)n1. The topological polar surface area (TPSA) is 65.4 Å². The van der Waals surface area contributed by atoms with Crippen molar-refractivity contribution in [2.24, 2.45) is 0 Å². The Hall–Kier alpha value is -3.54. The second-order valence-corrected chi connectivity index (χ2v) is 5.82. The Morgan fingerprint density at radius 1 is 1.12 bits per heavy atom. The van der Waals surface area contributed by atoms with Crippen molar-refractivity contribution in [3.05, 3.63) is 78.0 Å². The number of aromatic nitrogens is 2. The number of rotatable bonds is 5. The number of carbonyl (C=O) groups excluding carboxylic acids is 1. The molecule has 1 amide bonds. The maximum Gasteiger partial charge on any atom is 0.249 e. The molecule has 0 saturated carbocycles. The summed E-state index contributed by atoms with van der Waals surface area (Å²) in [6.45, 7) is 0.887. The summed E-state index contributed by atoms with van der Waals surface area (Å²) in [5.74, 6) is 1.68. The second kappa shape index (κ2) is 7.14. The van der Waals surface area contributed by atoms with Crippen molar-refractivity contribution in [3.63, 3.8) is 0 Å². The van der Waals surface area contributed by atoms with Gasteiger partial charge in [-0.3, -0.25) is 9.48 Å². The van der Waals surface area contributed by atoms with Crippen LogP contribution in [0.15, 0.2) is 66.9 Å². The molecule has 3 aromatic rings. The van der Waals surface area contributed by atoms with Crippen molar-refractivity contribution in [2.75, 3.05) is 12.1 Å². The van der Waals surface area contributed by atoms with E-state index < -0.39 is 0 Å². The zero-order valence-electron chi connectivity index (χ0n) is 14.0. The molecule has 0 unspecified atom stereocenters. The normalized spacial score (nSPS) is 12.5. The Morgan fingerprint density at radius 2 is 1.96 bits per heavy atom. The number of anilines is 1. The zero-order chi connectivity index (χ0) is 17.8. The molecule has 2 heterocycles. The standard InChI is InChI=1S/C20H17N3O3/c24-20(9-7-15-6-8-17-18(12-15)26-14-25-17)21-19-10-11-23(22-19)13-16-4-2-1-3-5-16/h1-12H,13-14H2,(H,21,22,24). The number of hydrogen-bond donors (Lipinski definition) is 1. The first-order chi connectivity index (χ1) is 12.8. The van der Waals surface area contributed by atoms with E-state index in [0.717, 1.165) is 16.9 Å². The van der Waals surface area contributed by atoms with Crippen LogP contribution in [0, 0.1) is 0 Å². The van der Waals surface area contributed by atoms with Crippen molar-refractivity contribution in [1.29, 1.82) is 0 Å². The van der Waals surface area contributed by atoms with E-state index in [1.54, 1.807) is 16.8 Å². The molecule has 1 aromatic heterocycles. The summed E-state index contributed by atoms with van der Waals surface area (Å²) in [5, 5.41) is 7.12. The molecule has 0 fully saturated rings. The predicted octanol–water partition coefficient (Wildman–Crippen LogP) is 3.31. The Bertz CT molecular complexity index is 948. The Morgan fingerprint density at radius 3 is 2.85 bits per heavy atom. The van der Waals surface area contributed by atoms with E-state index in [-0.39, 0.29) is 12.7 Å². The highest BCUT2D eigenvalue weighted by molar-refractivity contribution is 6.01. The quantitative estimate of drug-likeness (QED) is 0.719. The van der Waals surface area contributed by atoms with Crippen molar-refractivity contribution >= 4 is 17.8 Å². The van der Waals surface area contributed by atoms with Crippen LogP contribution in [0.3, 0.4) is 0 Å². The average Bonchev–Trinajstić information content (AvgIpc) is 3.29. The van der Waals surface area contributed by atoms with Crippen LogP contribution < -0.4 is 14.8 Å². The van der Waals surface area contributed by atoms with Gasteiger partial charge in [0.05, 0.1) is 6.54 Å². The van der Waals surface area contributed by atoms with E-state index in [9.17, 15) is 4.79 Å². The van der Waals surface area contributed by atoms with Crippen LogP contribution in [0.5, 0.6) is 11.5 Å². The monoisotopic (exact) mass is 347 g/mol. The van der Waals surface area contributed by atoms with Gasteiger partial charge in [-0.25, -0.2) is 0 Å². The van der Waals surface area contributed by atoms with Crippen LogP contribution in [0.4, 0.5) is 5.82 Å². The summed E-state index contributed by atoms with van der Waals surface area (Å²) in [7, 11) is 0. The molecule has 1 N–H and O–H groups in total. The molecule has 0 bridgehead atoms. The van der Waals surface area contributed by atoms with E-state index in [0.29, 0.717) is 18.1 Å². The lowest BCUT2D eigenvalue weighted by molar-refractivity contribution is -0.111. The molecule has 4 rings (SSSR count). The first-order valence-corrected chi connectivity index (χ1v) is 8.22. The molecule has 130 valence electrons. The van der Waals surface area contributed by atoms with Gasteiger partial charge in [-0.2, -0.15) is 5.10 Å². The van der Waals surface area contributed by atoms with Crippen LogP contribution in [-0.4, -0.2) is 22.5 Å². The van der Waals surface area contributed by atoms with Crippen LogP contribution in [0.2, 0.25) is 0 Å². The minimum Gasteiger partial charge on any atom is -0.454 e. The summed E-state index contributed by atoms with van der Waals surface area (Å²) in [5.41, 5.74) is 2.01. The maximum absolute atomic E-state index is 12.1. The first kappa shape index (κ1) is 16.0. The smallest absolute Gasteiger partial charge is 0.249 e. The molecule has 26 heavy (non-hydrogen) atoms. The molecule has 0 atom stereocenters. The van der Waals surface area contributed by atoms with Gasteiger partial charge in [-0.1, -0.05) is 36.4 Å². The van der Waals surface area contributed by atoms with Gasteiger partial charge in [0.1, 0.15) is 0 Å².